The van der Waals surface area contributed by atoms with Crippen molar-refractivity contribution < 1.29 is 52.0 Å². The zero-order chi connectivity index (χ0) is 29.7. The van der Waals surface area contributed by atoms with Gasteiger partial charge >= 0.3 is 29.7 Å². The Morgan fingerprint density at radius 1 is 0.825 bits per heavy atom. The summed E-state index contributed by atoms with van der Waals surface area (Å²) in [6.07, 6.45) is -0.471. The van der Waals surface area contributed by atoms with E-state index in [9.17, 15) is 32.7 Å². The first-order chi connectivity index (χ1) is 19.0. The highest BCUT2D eigenvalue weighted by atomic mass is 19.4. The third-order valence-electron chi connectivity index (χ3n) is 6.68. The molecule has 0 saturated heterocycles. The fourth-order valence-electron chi connectivity index (χ4n) is 3.70. The van der Waals surface area contributed by atoms with Crippen LogP contribution in [-0.2, 0) is 29.5 Å². The monoisotopic (exact) mass is 574 g/mol. The van der Waals surface area contributed by atoms with Crippen LogP contribution >= 0.6 is 0 Å². The van der Waals surface area contributed by atoms with Crippen molar-refractivity contribution in [2.24, 2.45) is 15.6 Å². The second kappa shape index (κ2) is 15.7. The molecule has 0 aromatic heterocycles. The standard InChI is InChI=1S/C27H37F3N2O8/c1-2-25(17-34,18-39-22(35)9-5-3-7-15-33)19-40-23(36)10-6-4-8-16-38-24(37)20-11-13-21(14-12-20)26(31-32-26)27(28,29)30/h11-14,33-34H,2-10,15-19H2,1H3. The van der Waals surface area contributed by atoms with Gasteiger partial charge in [-0.2, -0.15) is 13.2 Å². The Morgan fingerprint density at radius 2 is 1.38 bits per heavy atom. The highest BCUT2D eigenvalue weighted by Crippen LogP contribution is 2.52. The van der Waals surface area contributed by atoms with E-state index in [0.717, 1.165) is 12.1 Å². The number of aliphatic hydroxyl groups excluding tert-OH is 2. The number of alkyl halides is 3. The minimum absolute atomic E-state index is 0.0706. The molecule has 2 rings (SSSR count). The predicted molar refractivity (Wildman–Crippen MR) is 135 cm³/mol. The highest BCUT2D eigenvalue weighted by Gasteiger charge is 2.65. The second-order valence-corrected chi connectivity index (χ2v) is 9.76. The van der Waals surface area contributed by atoms with Gasteiger partial charge in [0.15, 0.2) is 0 Å². The Balaban J connectivity index is 1.62. The molecule has 0 amide bonds. The van der Waals surface area contributed by atoms with Crippen molar-refractivity contribution in [3.05, 3.63) is 35.4 Å². The molecule has 1 aliphatic rings. The van der Waals surface area contributed by atoms with Gasteiger partial charge in [-0.25, -0.2) is 4.79 Å². The Labute approximate surface area is 230 Å². The number of hydrogen-bond acceptors (Lipinski definition) is 10. The summed E-state index contributed by atoms with van der Waals surface area (Å²) < 4.78 is 54.9. The first-order valence-electron chi connectivity index (χ1n) is 13.3. The van der Waals surface area contributed by atoms with Crippen molar-refractivity contribution in [3.8, 4) is 0 Å². The predicted octanol–water partition coefficient (Wildman–Crippen LogP) is 4.61. The number of hydrogen-bond donors (Lipinski definition) is 2. The zero-order valence-corrected chi connectivity index (χ0v) is 22.6. The third-order valence-corrected chi connectivity index (χ3v) is 6.68. The number of halogens is 3. The number of carbonyl (C=O) groups excluding carboxylic acids is 3. The van der Waals surface area contributed by atoms with Gasteiger partial charge in [0.25, 0.3) is 0 Å². The summed E-state index contributed by atoms with van der Waals surface area (Å²) in [5.74, 6) is -1.56. The fraction of sp³-hybridized carbons (Fsp3) is 0.667. The van der Waals surface area contributed by atoms with Crippen molar-refractivity contribution in [2.75, 3.05) is 33.0 Å². The Kier molecular flexibility index (Phi) is 13.0. The summed E-state index contributed by atoms with van der Waals surface area (Å²) in [7, 11) is 0. The molecule has 1 aromatic carbocycles. The lowest BCUT2D eigenvalue weighted by Gasteiger charge is -2.29. The van der Waals surface area contributed by atoms with Crippen molar-refractivity contribution in [1.29, 1.82) is 0 Å². The van der Waals surface area contributed by atoms with Crippen molar-refractivity contribution in [1.82, 2.24) is 0 Å². The second-order valence-electron chi connectivity index (χ2n) is 9.76. The molecule has 0 saturated carbocycles. The number of nitrogens with zero attached hydrogens (tertiary/aromatic N) is 2. The molecule has 224 valence electrons. The molecular formula is C27H37F3N2O8. The van der Waals surface area contributed by atoms with Gasteiger partial charge in [0.1, 0.15) is 13.2 Å². The van der Waals surface area contributed by atoms with E-state index in [1.165, 1.54) is 12.1 Å². The Morgan fingerprint density at radius 3 is 1.82 bits per heavy atom. The molecule has 1 aliphatic heterocycles. The summed E-state index contributed by atoms with van der Waals surface area (Å²) in [5.41, 5.74) is -3.51. The normalized spacial score (nSPS) is 15.2. The number of carbonyl (C=O) groups is 3. The SMILES string of the molecule is CCC(CO)(COC(=O)CCCCCO)COC(=O)CCCCCOC(=O)c1ccc(C2(C(F)(F)F)N=N2)cc1. The molecule has 0 bridgehead atoms. The van der Waals surface area contributed by atoms with E-state index in [1.807, 2.05) is 0 Å². The molecule has 40 heavy (non-hydrogen) atoms. The average molecular weight is 575 g/mol. The van der Waals surface area contributed by atoms with Gasteiger partial charge in [-0.3, -0.25) is 9.59 Å². The molecule has 1 heterocycles. The lowest BCUT2D eigenvalue weighted by atomic mass is 9.88. The van der Waals surface area contributed by atoms with Gasteiger partial charge in [0.05, 0.1) is 24.2 Å². The molecule has 10 nitrogen and oxygen atoms in total. The van der Waals surface area contributed by atoms with Gasteiger partial charge in [0, 0.05) is 25.0 Å². The lowest BCUT2D eigenvalue weighted by Crippen LogP contribution is -2.37. The Hall–Kier alpha value is -3.06. The molecule has 1 atom stereocenters. The summed E-state index contributed by atoms with van der Waals surface area (Å²) in [6, 6.07) is 4.75. The van der Waals surface area contributed by atoms with Crippen LogP contribution in [0, 0.1) is 5.41 Å². The smallest absolute Gasteiger partial charge is 0.442 e. The lowest BCUT2D eigenvalue weighted by molar-refractivity contribution is -0.166. The van der Waals surface area contributed by atoms with Crippen LogP contribution in [-0.4, -0.2) is 67.3 Å². The maximum atomic E-state index is 13.1. The van der Waals surface area contributed by atoms with E-state index in [-0.39, 0.29) is 57.0 Å². The van der Waals surface area contributed by atoms with Gasteiger partial charge < -0.3 is 24.4 Å². The quantitative estimate of drug-likeness (QED) is 0.138. The average Bonchev–Trinajstić information content (AvgIpc) is 3.76. The van der Waals surface area contributed by atoms with E-state index < -0.39 is 35.2 Å². The number of esters is 3. The molecule has 2 N–H and O–H groups in total. The van der Waals surface area contributed by atoms with Gasteiger partial charge in [-0.1, -0.05) is 25.5 Å². The molecule has 0 spiro atoms. The molecule has 1 unspecified atom stereocenters. The third kappa shape index (κ3) is 9.84. The molecule has 0 fully saturated rings. The van der Waals surface area contributed by atoms with Gasteiger partial charge in [-0.15, -0.1) is 10.2 Å². The van der Waals surface area contributed by atoms with Crippen LogP contribution in [0.15, 0.2) is 34.5 Å². The Bertz CT molecular complexity index is 988. The maximum absolute atomic E-state index is 13.1. The molecule has 0 aliphatic carbocycles. The van der Waals surface area contributed by atoms with E-state index >= 15 is 0 Å². The number of unbranched alkanes of at least 4 members (excludes halogenated alkanes) is 4. The van der Waals surface area contributed by atoms with Crippen LogP contribution in [0.1, 0.15) is 80.6 Å². The summed E-state index contributed by atoms with van der Waals surface area (Å²) >= 11 is 0. The van der Waals surface area contributed by atoms with Crippen LogP contribution < -0.4 is 0 Å². The number of ether oxygens (including phenoxy) is 3. The van der Waals surface area contributed by atoms with Crippen LogP contribution in [0.5, 0.6) is 0 Å². The van der Waals surface area contributed by atoms with Crippen molar-refractivity contribution in [2.45, 2.75) is 76.6 Å². The zero-order valence-electron chi connectivity index (χ0n) is 22.6. The number of aliphatic hydroxyl groups is 2. The van der Waals surface area contributed by atoms with Crippen molar-refractivity contribution in [3.63, 3.8) is 0 Å². The molecular weight excluding hydrogens is 537 g/mol. The largest absolute Gasteiger partial charge is 0.465 e. The minimum atomic E-state index is -4.64. The molecule has 13 heteroatoms. The molecule has 0 radical (unpaired) electrons. The van der Waals surface area contributed by atoms with Crippen LogP contribution in [0.4, 0.5) is 13.2 Å². The van der Waals surface area contributed by atoms with Crippen LogP contribution in [0.3, 0.4) is 0 Å². The van der Waals surface area contributed by atoms with Gasteiger partial charge in [-0.05, 0) is 50.7 Å². The van der Waals surface area contributed by atoms with Crippen LogP contribution in [0.2, 0.25) is 0 Å². The van der Waals surface area contributed by atoms with E-state index in [0.29, 0.717) is 44.9 Å². The summed E-state index contributed by atoms with van der Waals surface area (Å²) in [5, 5.41) is 24.8. The summed E-state index contributed by atoms with van der Waals surface area (Å²) in [6.45, 7) is 1.44. The summed E-state index contributed by atoms with van der Waals surface area (Å²) in [4.78, 5) is 36.2. The van der Waals surface area contributed by atoms with Crippen LogP contribution in [0.25, 0.3) is 0 Å². The fourth-order valence-corrected chi connectivity index (χ4v) is 3.70. The van der Waals surface area contributed by atoms with E-state index in [1.54, 1.807) is 6.92 Å². The maximum Gasteiger partial charge on any atom is 0.442 e. The first kappa shape index (κ1) is 33.1. The molecule has 1 aromatic rings. The first-order valence-corrected chi connectivity index (χ1v) is 13.3. The van der Waals surface area contributed by atoms with E-state index in [2.05, 4.69) is 10.2 Å². The van der Waals surface area contributed by atoms with Crippen molar-refractivity contribution >= 4 is 17.9 Å². The van der Waals surface area contributed by atoms with E-state index in [4.69, 9.17) is 19.3 Å². The topological polar surface area (TPSA) is 144 Å². The minimum Gasteiger partial charge on any atom is -0.465 e. The number of benzene rings is 1. The van der Waals surface area contributed by atoms with Gasteiger partial charge in [0.2, 0.25) is 0 Å². The highest BCUT2D eigenvalue weighted by molar-refractivity contribution is 5.89. The number of rotatable bonds is 19.